The lowest BCUT2D eigenvalue weighted by atomic mass is 10.3. The third kappa shape index (κ3) is 2.45. The summed E-state index contributed by atoms with van der Waals surface area (Å²) in [6.07, 6.45) is 2.68. The van der Waals surface area contributed by atoms with Crippen molar-refractivity contribution in [3.8, 4) is 0 Å². The van der Waals surface area contributed by atoms with Crippen molar-refractivity contribution >= 4 is 17.0 Å². The lowest BCUT2D eigenvalue weighted by molar-refractivity contribution is -0.143. The number of ether oxygens (including phenoxy) is 1. The van der Waals surface area contributed by atoms with E-state index in [4.69, 9.17) is 4.74 Å². The second kappa shape index (κ2) is 5.27. The number of hydrogen-bond donors (Lipinski definition) is 0. The molecule has 0 amide bonds. The van der Waals surface area contributed by atoms with Crippen molar-refractivity contribution in [1.82, 2.24) is 9.55 Å². The summed E-state index contributed by atoms with van der Waals surface area (Å²) in [5.41, 5.74) is 0.943. The summed E-state index contributed by atoms with van der Waals surface area (Å²) in [7, 11) is 0. The lowest BCUT2D eigenvalue weighted by Crippen LogP contribution is -2.25. The molecule has 2 aromatic rings. The minimum atomic E-state index is -0.478. The van der Waals surface area contributed by atoms with E-state index in [-0.39, 0.29) is 18.7 Å². The molecule has 5 heteroatoms. The molecular formula is C13H12N2O3. The molecule has 0 aliphatic carbocycles. The van der Waals surface area contributed by atoms with Crippen molar-refractivity contribution in [3.63, 3.8) is 0 Å². The van der Waals surface area contributed by atoms with Crippen molar-refractivity contribution in [2.24, 2.45) is 0 Å². The number of rotatable bonds is 4. The van der Waals surface area contributed by atoms with Gasteiger partial charge in [-0.25, -0.2) is 4.98 Å². The Morgan fingerprint density at radius 2 is 2.22 bits per heavy atom. The zero-order chi connectivity index (χ0) is 13.0. The maximum absolute atomic E-state index is 11.7. The molecule has 1 heterocycles. The van der Waals surface area contributed by atoms with Crippen LogP contribution in [-0.2, 0) is 16.1 Å². The number of esters is 1. The fraction of sp³-hybridized carbons (Fsp3) is 0.154. The zero-order valence-electron chi connectivity index (χ0n) is 9.70. The zero-order valence-corrected chi connectivity index (χ0v) is 9.70. The second-order valence-electron chi connectivity index (χ2n) is 3.64. The Bertz CT molecular complexity index is 646. The molecule has 0 aliphatic rings. The molecule has 1 aromatic heterocycles. The monoisotopic (exact) mass is 244 g/mol. The van der Waals surface area contributed by atoms with Crippen molar-refractivity contribution in [3.05, 3.63) is 53.5 Å². The molecule has 0 unspecified atom stereocenters. The SMILES string of the molecule is C=CCOC(=O)Cn1c(=O)cnc2ccccc21. The summed E-state index contributed by atoms with van der Waals surface area (Å²) in [5.74, 6) is -0.478. The van der Waals surface area contributed by atoms with E-state index < -0.39 is 5.97 Å². The van der Waals surface area contributed by atoms with E-state index in [1.165, 1.54) is 16.8 Å². The molecule has 1 aromatic carbocycles. The highest BCUT2D eigenvalue weighted by molar-refractivity contribution is 5.77. The van der Waals surface area contributed by atoms with Crippen molar-refractivity contribution in [2.75, 3.05) is 6.61 Å². The highest BCUT2D eigenvalue weighted by atomic mass is 16.5. The smallest absolute Gasteiger partial charge is 0.326 e. The first-order valence-electron chi connectivity index (χ1n) is 5.43. The second-order valence-corrected chi connectivity index (χ2v) is 3.64. The van der Waals surface area contributed by atoms with Crippen LogP contribution in [0.2, 0.25) is 0 Å². The van der Waals surface area contributed by atoms with Gasteiger partial charge in [-0.3, -0.25) is 14.2 Å². The van der Waals surface area contributed by atoms with Gasteiger partial charge in [0.05, 0.1) is 17.2 Å². The molecule has 92 valence electrons. The first kappa shape index (κ1) is 12.0. The van der Waals surface area contributed by atoms with E-state index in [0.29, 0.717) is 11.0 Å². The molecule has 0 fully saturated rings. The molecule has 0 atom stereocenters. The van der Waals surface area contributed by atoms with Gasteiger partial charge in [0, 0.05) is 0 Å². The maximum Gasteiger partial charge on any atom is 0.326 e. The van der Waals surface area contributed by atoms with Gasteiger partial charge in [0.1, 0.15) is 13.2 Å². The molecule has 5 nitrogen and oxygen atoms in total. The number of para-hydroxylation sites is 2. The molecule has 18 heavy (non-hydrogen) atoms. The Morgan fingerprint density at radius 3 is 3.00 bits per heavy atom. The fourth-order valence-corrected chi connectivity index (χ4v) is 1.60. The van der Waals surface area contributed by atoms with Crippen LogP contribution in [0.25, 0.3) is 11.0 Å². The van der Waals surface area contributed by atoms with Gasteiger partial charge < -0.3 is 4.74 Å². The number of carbonyl (C=O) groups is 1. The predicted octanol–water partition coefficient (Wildman–Crippen LogP) is 1.13. The number of hydrogen-bond acceptors (Lipinski definition) is 4. The highest BCUT2D eigenvalue weighted by Gasteiger charge is 2.08. The summed E-state index contributed by atoms with van der Waals surface area (Å²) >= 11 is 0. The molecule has 0 bridgehead atoms. The Hall–Kier alpha value is -2.43. The van der Waals surface area contributed by atoms with E-state index in [1.807, 2.05) is 6.07 Å². The standard InChI is InChI=1S/C13H12N2O3/c1-2-7-18-13(17)9-15-11-6-4-3-5-10(11)14-8-12(15)16/h2-6,8H,1,7,9H2. The van der Waals surface area contributed by atoms with Gasteiger partial charge >= 0.3 is 5.97 Å². The van der Waals surface area contributed by atoms with Crippen molar-refractivity contribution < 1.29 is 9.53 Å². The van der Waals surface area contributed by atoms with E-state index in [9.17, 15) is 9.59 Å². The van der Waals surface area contributed by atoms with E-state index in [1.54, 1.807) is 18.2 Å². The molecular weight excluding hydrogens is 232 g/mol. The molecule has 0 aliphatic heterocycles. The summed E-state index contributed by atoms with van der Waals surface area (Å²) in [6.45, 7) is 3.46. The van der Waals surface area contributed by atoms with Crippen LogP contribution >= 0.6 is 0 Å². The number of nitrogens with zero attached hydrogens (tertiary/aromatic N) is 2. The van der Waals surface area contributed by atoms with E-state index in [0.717, 1.165) is 0 Å². The molecule has 0 saturated heterocycles. The Morgan fingerprint density at radius 1 is 1.44 bits per heavy atom. The lowest BCUT2D eigenvalue weighted by Gasteiger charge is -2.08. The highest BCUT2D eigenvalue weighted by Crippen LogP contribution is 2.08. The minimum Gasteiger partial charge on any atom is -0.460 e. The first-order valence-corrected chi connectivity index (χ1v) is 5.43. The minimum absolute atomic E-state index is 0.129. The van der Waals surface area contributed by atoms with Crippen LogP contribution in [0.5, 0.6) is 0 Å². The van der Waals surface area contributed by atoms with Crippen LogP contribution in [-0.4, -0.2) is 22.1 Å². The van der Waals surface area contributed by atoms with Gasteiger partial charge in [0.15, 0.2) is 0 Å². The van der Waals surface area contributed by atoms with Crippen molar-refractivity contribution in [2.45, 2.75) is 6.54 Å². The van der Waals surface area contributed by atoms with Crippen LogP contribution in [0.3, 0.4) is 0 Å². The van der Waals surface area contributed by atoms with Gasteiger partial charge in [-0.05, 0) is 12.1 Å². The van der Waals surface area contributed by atoms with Crippen LogP contribution in [0.4, 0.5) is 0 Å². The summed E-state index contributed by atoms with van der Waals surface area (Å²) in [5, 5.41) is 0. The molecule has 0 saturated carbocycles. The average Bonchev–Trinajstić information content (AvgIpc) is 2.40. The quantitative estimate of drug-likeness (QED) is 0.597. The topological polar surface area (TPSA) is 61.2 Å². The summed E-state index contributed by atoms with van der Waals surface area (Å²) in [4.78, 5) is 27.2. The number of carbonyl (C=O) groups excluding carboxylic acids is 1. The Balaban J connectivity index is 2.37. The van der Waals surface area contributed by atoms with Crippen LogP contribution < -0.4 is 5.56 Å². The molecule has 0 radical (unpaired) electrons. The Labute approximate surface area is 103 Å². The molecule has 2 rings (SSSR count). The third-order valence-corrected chi connectivity index (χ3v) is 2.40. The summed E-state index contributed by atoms with van der Waals surface area (Å²) < 4.78 is 6.20. The number of aromatic nitrogens is 2. The van der Waals surface area contributed by atoms with Crippen LogP contribution in [0.15, 0.2) is 47.9 Å². The summed E-state index contributed by atoms with van der Waals surface area (Å²) in [6, 6.07) is 7.13. The van der Waals surface area contributed by atoms with Crippen molar-refractivity contribution in [1.29, 1.82) is 0 Å². The average molecular weight is 244 g/mol. The van der Waals surface area contributed by atoms with Gasteiger partial charge in [-0.1, -0.05) is 24.8 Å². The van der Waals surface area contributed by atoms with E-state index >= 15 is 0 Å². The largest absolute Gasteiger partial charge is 0.460 e. The first-order chi connectivity index (χ1) is 8.72. The van der Waals surface area contributed by atoms with Crippen LogP contribution in [0, 0.1) is 0 Å². The third-order valence-electron chi connectivity index (χ3n) is 2.40. The van der Waals surface area contributed by atoms with Gasteiger partial charge in [0.25, 0.3) is 5.56 Å². The normalized spacial score (nSPS) is 10.2. The predicted molar refractivity (Wildman–Crippen MR) is 67.2 cm³/mol. The molecule has 0 N–H and O–H groups in total. The molecule has 0 spiro atoms. The maximum atomic E-state index is 11.7. The number of benzene rings is 1. The van der Waals surface area contributed by atoms with Gasteiger partial charge in [0.2, 0.25) is 0 Å². The fourth-order valence-electron chi connectivity index (χ4n) is 1.60. The van der Waals surface area contributed by atoms with Crippen LogP contribution in [0.1, 0.15) is 0 Å². The van der Waals surface area contributed by atoms with Gasteiger partial charge in [-0.15, -0.1) is 0 Å². The van der Waals surface area contributed by atoms with Gasteiger partial charge in [-0.2, -0.15) is 0 Å². The van der Waals surface area contributed by atoms with E-state index in [2.05, 4.69) is 11.6 Å². The Kier molecular flexibility index (Phi) is 3.52. The number of fused-ring (bicyclic) bond motifs is 1.